The molecule has 0 saturated carbocycles. The van der Waals surface area contributed by atoms with Crippen molar-refractivity contribution in [2.45, 2.75) is 0 Å². The number of fused-ring (bicyclic) bond motifs is 4. The van der Waals surface area contributed by atoms with Crippen LogP contribution < -0.4 is 4.90 Å². The van der Waals surface area contributed by atoms with Crippen molar-refractivity contribution in [1.82, 2.24) is 0 Å². The van der Waals surface area contributed by atoms with Crippen LogP contribution in [0.1, 0.15) is 0 Å². The highest BCUT2D eigenvalue weighted by molar-refractivity contribution is 6.10. The zero-order valence-electron chi connectivity index (χ0n) is 26.3. The maximum absolute atomic E-state index is 6.60. The molecule has 1 aromatic heterocycles. The summed E-state index contributed by atoms with van der Waals surface area (Å²) in [7, 11) is 0. The van der Waals surface area contributed by atoms with Gasteiger partial charge in [-0.1, -0.05) is 146 Å². The first-order valence-corrected chi connectivity index (χ1v) is 16.3. The maximum Gasteiger partial charge on any atom is 0.159 e. The normalized spacial score (nSPS) is 11.3. The first-order chi connectivity index (χ1) is 23.8. The molecule has 9 rings (SSSR count). The van der Waals surface area contributed by atoms with Gasteiger partial charge in [-0.2, -0.15) is 0 Å². The lowest BCUT2D eigenvalue weighted by Crippen LogP contribution is -2.10. The third kappa shape index (κ3) is 4.92. The number of rotatable bonds is 6. The van der Waals surface area contributed by atoms with Crippen molar-refractivity contribution in [2.24, 2.45) is 0 Å². The van der Waals surface area contributed by atoms with Gasteiger partial charge in [0.15, 0.2) is 5.58 Å². The van der Waals surface area contributed by atoms with Gasteiger partial charge in [0, 0.05) is 22.1 Å². The Morgan fingerprint density at radius 3 is 1.71 bits per heavy atom. The highest BCUT2D eigenvalue weighted by Gasteiger charge is 2.20. The van der Waals surface area contributed by atoms with Crippen LogP contribution in [-0.4, -0.2) is 0 Å². The van der Waals surface area contributed by atoms with Crippen LogP contribution in [0.3, 0.4) is 0 Å². The van der Waals surface area contributed by atoms with Crippen LogP contribution in [-0.2, 0) is 0 Å². The molecule has 0 aliphatic heterocycles. The highest BCUT2D eigenvalue weighted by atomic mass is 16.3. The largest absolute Gasteiger partial charge is 0.454 e. The van der Waals surface area contributed by atoms with Crippen molar-refractivity contribution >= 4 is 49.8 Å². The third-order valence-electron chi connectivity index (χ3n) is 9.24. The summed E-state index contributed by atoms with van der Waals surface area (Å²) >= 11 is 0. The molecule has 9 aromatic rings. The van der Waals surface area contributed by atoms with Gasteiger partial charge in [-0.3, -0.25) is 0 Å². The standard InChI is InChI=1S/C46H31NO/c1-2-13-32(14-3-1)35-18-9-21-38(30-35)47(44-27-12-26-43-42-24-6-7-28-45(42)48-46(43)44)39-22-10-19-36(31-39)34-17-8-20-37(29-34)41-25-11-16-33-15-4-5-23-40(33)41/h1-31H. The SMILES string of the molecule is c1ccc(-c2cccc(N(c3cccc(-c4cccc(-c5cccc6ccccc56)c4)c3)c3cccc4c3oc3ccccc34)c2)cc1. The van der Waals surface area contributed by atoms with Crippen LogP contribution in [0.2, 0.25) is 0 Å². The summed E-state index contributed by atoms with van der Waals surface area (Å²) in [6, 6.07) is 66.9. The molecule has 2 heteroatoms. The number of benzene rings is 8. The minimum absolute atomic E-state index is 0.868. The summed E-state index contributed by atoms with van der Waals surface area (Å²) in [5.74, 6) is 0. The predicted molar refractivity (Wildman–Crippen MR) is 202 cm³/mol. The fraction of sp³-hybridized carbons (Fsp3) is 0. The number of para-hydroxylation sites is 2. The zero-order valence-corrected chi connectivity index (χ0v) is 26.3. The molecule has 2 nitrogen and oxygen atoms in total. The molecule has 0 atom stereocenters. The van der Waals surface area contributed by atoms with Gasteiger partial charge >= 0.3 is 0 Å². The Kier molecular flexibility index (Phi) is 6.84. The first kappa shape index (κ1) is 27.9. The monoisotopic (exact) mass is 613 g/mol. The van der Waals surface area contributed by atoms with E-state index in [2.05, 4.69) is 181 Å². The van der Waals surface area contributed by atoms with E-state index in [1.807, 2.05) is 12.1 Å². The van der Waals surface area contributed by atoms with Crippen molar-refractivity contribution < 1.29 is 4.42 Å². The van der Waals surface area contributed by atoms with Gasteiger partial charge < -0.3 is 9.32 Å². The molecule has 8 aromatic carbocycles. The summed E-state index contributed by atoms with van der Waals surface area (Å²) in [4.78, 5) is 2.33. The van der Waals surface area contributed by atoms with E-state index in [9.17, 15) is 0 Å². The van der Waals surface area contributed by atoms with E-state index in [0.717, 1.165) is 50.1 Å². The second-order valence-corrected chi connectivity index (χ2v) is 12.2. The average Bonchev–Trinajstić information content (AvgIpc) is 3.55. The molecule has 226 valence electrons. The number of nitrogens with zero attached hydrogens (tertiary/aromatic N) is 1. The number of hydrogen-bond donors (Lipinski definition) is 0. The Hall–Kier alpha value is -6.38. The van der Waals surface area contributed by atoms with E-state index in [1.165, 1.54) is 33.0 Å². The fourth-order valence-corrected chi connectivity index (χ4v) is 6.96. The lowest BCUT2D eigenvalue weighted by molar-refractivity contribution is 0.669. The molecule has 0 saturated heterocycles. The van der Waals surface area contributed by atoms with Crippen LogP contribution in [0, 0.1) is 0 Å². The maximum atomic E-state index is 6.60. The summed E-state index contributed by atoms with van der Waals surface area (Å²) in [5.41, 5.74) is 12.0. The predicted octanol–water partition coefficient (Wildman–Crippen LogP) is 13.2. The molecule has 0 amide bonds. The summed E-state index contributed by atoms with van der Waals surface area (Å²) < 4.78 is 6.60. The Morgan fingerprint density at radius 2 is 0.896 bits per heavy atom. The molecule has 0 spiro atoms. The van der Waals surface area contributed by atoms with Gasteiger partial charge in [0.1, 0.15) is 5.58 Å². The van der Waals surface area contributed by atoms with Gasteiger partial charge in [0.05, 0.1) is 5.69 Å². The lowest BCUT2D eigenvalue weighted by atomic mass is 9.95. The number of anilines is 3. The molecular weight excluding hydrogens is 583 g/mol. The van der Waals surface area contributed by atoms with Crippen LogP contribution in [0.5, 0.6) is 0 Å². The van der Waals surface area contributed by atoms with Gasteiger partial charge in [-0.05, 0) is 86.6 Å². The van der Waals surface area contributed by atoms with Gasteiger partial charge in [0.2, 0.25) is 0 Å². The van der Waals surface area contributed by atoms with Crippen molar-refractivity contribution in [1.29, 1.82) is 0 Å². The van der Waals surface area contributed by atoms with Crippen molar-refractivity contribution in [3.63, 3.8) is 0 Å². The molecule has 0 aliphatic carbocycles. The summed E-state index contributed by atoms with van der Waals surface area (Å²) in [6.07, 6.45) is 0. The second-order valence-electron chi connectivity index (χ2n) is 12.2. The second kappa shape index (κ2) is 11.8. The Labute approximate surface area is 279 Å². The average molecular weight is 614 g/mol. The van der Waals surface area contributed by atoms with Crippen LogP contribution >= 0.6 is 0 Å². The molecule has 0 radical (unpaired) electrons. The van der Waals surface area contributed by atoms with E-state index in [0.29, 0.717) is 0 Å². The Morgan fingerprint density at radius 1 is 0.354 bits per heavy atom. The Balaban J connectivity index is 1.21. The molecule has 48 heavy (non-hydrogen) atoms. The van der Waals surface area contributed by atoms with Crippen molar-refractivity contribution in [3.05, 3.63) is 188 Å². The van der Waals surface area contributed by atoms with E-state index in [-0.39, 0.29) is 0 Å². The minimum atomic E-state index is 0.868. The zero-order chi connectivity index (χ0) is 31.9. The highest BCUT2D eigenvalue weighted by Crippen LogP contribution is 2.44. The van der Waals surface area contributed by atoms with Crippen LogP contribution in [0.4, 0.5) is 17.1 Å². The van der Waals surface area contributed by atoms with Gasteiger partial charge in [-0.25, -0.2) is 0 Å². The molecule has 0 fully saturated rings. The minimum Gasteiger partial charge on any atom is -0.454 e. The number of hydrogen-bond acceptors (Lipinski definition) is 2. The first-order valence-electron chi connectivity index (χ1n) is 16.3. The molecule has 0 N–H and O–H groups in total. The molecular formula is C46H31NO. The molecule has 0 unspecified atom stereocenters. The quantitative estimate of drug-likeness (QED) is 0.185. The molecule has 0 bridgehead atoms. The topological polar surface area (TPSA) is 16.4 Å². The van der Waals surface area contributed by atoms with Crippen LogP contribution in [0.15, 0.2) is 192 Å². The summed E-state index contributed by atoms with van der Waals surface area (Å²) in [5, 5.41) is 4.72. The smallest absolute Gasteiger partial charge is 0.159 e. The lowest BCUT2D eigenvalue weighted by Gasteiger charge is -2.26. The Bertz CT molecular complexity index is 2570. The van der Waals surface area contributed by atoms with Gasteiger partial charge in [-0.15, -0.1) is 0 Å². The van der Waals surface area contributed by atoms with E-state index in [4.69, 9.17) is 4.42 Å². The van der Waals surface area contributed by atoms with E-state index >= 15 is 0 Å². The third-order valence-corrected chi connectivity index (χ3v) is 9.24. The molecule has 0 aliphatic rings. The van der Waals surface area contributed by atoms with Crippen LogP contribution in [0.25, 0.3) is 66.1 Å². The van der Waals surface area contributed by atoms with E-state index < -0.39 is 0 Å². The number of furan rings is 1. The van der Waals surface area contributed by atoms with E-state index in [1.54, 1.807) is 0 Å². The molecule has 1 heterocycles. The summed E-state index contributed by atoms with van der Waals surface area (Å²) in [6.45, 7) is 0. The fourth-order valence-electron chi connectivity index (χ4n) is 6.96. The van der Waals surface area contributed by atoms with Crippen molar-refractivity contribution in [2.75, 3.05) is 4.90 Å². The van der Waals surface area contributed by atoms with Crippen molar-refractivity contribution in [3.8, 4) is 33.4 Å². The van der Waals surface area contributed by atoms with Gasteiger partial charge in [0.25, 0.3) is 0 Å².